The Balaban J connectivity index is 4.21. The summed E-state index contributed by atoms with van der Waals surface area (Å²) in [5.41, 5.74) is 0. The molecule has 0 aromatic carbocycles. The average Bonchev–Trinajstić information content (AvgIpc) is 2.05. The molecule has 5 heteroatoms. The van der Waals surface area contributed by atoms with Crippen LogP contribution in [0.2, 0.25) is 0 Å². The number of carbonyl (C=O) groups is 1. The van der Waals surface area contributed by atoms with Crippen molar-refractivity contribution in [3.8, 4) is 0 Å². The minimum atomic E-state index is -0.560. The summed E-state index contributed by atoms with van der Waals surface area (Å²) >= 11 is 0. The van der Waals surface area contributed by atoms with E-state index < -0.39 is 5.92 Å². The zero-order valence-electron chi connectivity index (χ0n) is 6.79. The van der Waals surface area contributed by atoms with Crippen LogP contribution in [0.5, 0.6) is 0 Å². The highest BCUT2D eigenvalue weighted by atomic mass is 16.5. The van der Waals surface area contributed by atoms with Crippen LogP contribution in [0.25, 0.3) is 0 Å². The number of carbonyl (C=O) groups excluding carboxylic acids is 1. The quantitative estimate of drug-likeness (QED) is 0.254. The number of rotatable bonds is 2. The van der Waals surface area contributed by atoms with Crippen molar-refractivity contribution >= 4 is 11.8 Å². The molecular formula is C6H12N2O3. The monoisotopic (exact) mass is 160 g/mol. The van der Waals surface area contributed by atoms with Crippen molar-refractivity contribution < 1.29 is 14.7 Å². The molecule has 1 amide bonds. The minimum Gasteiger partial charge on any atom is -0.481 e. The molecule has 0 saturated carbocycles. The van der Waals surface area contributed by atoms with Crippen molar-refractivity contribution in [3.63, 3.8) is 0 Å². The van der Waals surface area contributed by atoms with Gasteiger partial charge in [-0.25, -0.2) is 0 Å². The molecule has 0 rings (SSSR count). The first-order chi connectivity index (χ1) is 5.17. The van der Waals surface area contributed by atoms with Crippen molar-refractivity contribution in [2.45, 2.75) is 6.92 Å². The van der Waals surface area contributed by atoms with E-state index in [0.29, 0.717) is 0 Å². The summed E-state index contributed by atoms with van der Waals surface area (Å²) in [5, 5.41) is 13.5. The first-order valence-electron chi connectivity index (χ1n) is 3.14. The van der Waals surface area contributed by atoms with Gasteiger partial charge in [0, 0.05) is 7.05 Å². The van der Waals surface area contributed by atoms with Gasteiger partial charge in [0.2, 0.25) is 11.8 Å². The molecular weight excluding hydrogens is 148 g/mol. The fourth-order valence-corrected chi connectivity index (χ4v) is 0.633. The molecule has 0 bridgehead atoms. The van der Waals surface area contributed by atoms with Crippen LogP contribution >= 0.6 is 0 Å². The standard InChI is InChI=1S/C6H12N2O3/c1-4(5(9)7-2)6(8-10)11-3/h4,10H,1-3H3,(H,7,9). The Bertz CT molecular complexity index is 167. The topological polar surface area (TPSA) is 70.9 Å². The Labute approximate surface area is 65.0 Å². The van der Waals surface area contributed by atoms with Gasteiger partial charge < -0.3 is 15.3 Å². The molecule has 0 saturated heterocycles. The van der Waals surface area contributed by atoms with Crippen LogP contribution in [0.1, 0.15) is 6.92 Å². The Kier molecular flexibility index (Phi) is 4.02. The molecule has 0 heterocycles. The van der Waals surface area contributed by atoms with Gasteiger partial charge in [-0.15, -0.1) is 0 Å². The molecule has 0 spiro atoms. The summed E-state index contributed by atoms with van der Waals surface area (Å²) in [7, 11) is 2.85. The van der Waals surface area contributed by atoms with Crippen molar-refractivity contribution in [3.05, 3.63) is 0 Å². The zero-order valence-corrected chi connectivity index (χ0v) is 6.79. The lowest BCUT2D eigenvalue weighted by Gasteiger charge is -2.09. The summed E-state index contributed by atoms with van der Waals surface area (Å²) in [4.78, 5) is 10.9. The van der Waals surface area contributed by atoms with E-state index in [2.05, 4.69) is 15.2 Å². The summed E-state index contributed by atoms with van der Waals surface area (Å²) in [6.07, 6.45) is 0. The molecule has 11 heavy (non-hydrogen) atoms. The van der Waals surface area contributed by atoms with Crippen LogP contribution in [0.4, 0.5) is 0 Å². The Hall–Kier alpha value is -1.26. The van der Waals surface area contributed by atoms with Gasteiger partial charge in [0.15, 0.2) is 0 Å². The summed E-state index contributed by atoms with van der Waals surface area (Å²) in [5.74, 6) is -0.806. The van der Waals surface area contributed by atoms with Crippen LogP contribution in [-0.4, -0.2) is 31.2 Å². The van der Waals surface area contributed by atoms with Gasteiger partial charge >= 0.3 is 0 Å². The van der Waals surface area contributed by atoms with E-state index in [-0.39, 0.29) is 11.8 Å². The zero-order chi connectivity index (χ0) is 8.85. The highest BCUT2D eigenvalue weighted by Crippen LogP contribution is 1.98. The number of hydrogen-bond acceptors (Lipinski definition) is 4. The number of hydrogen-bond donors (Lipinski definition) is 2. The third kappa shape index (κ3) is 2.45. The van der Waals surface area contributed by atoms with E-state index >= 15 is 0 Å². The Morgan fingerprint density at radius 1 is 1.73 bits per heavy atom. The smallest absolute Gasteiger partial charge is 0.237 e. The molecule has 0 aromatic heterocycles. The van der Waals surface area contributed by atoms with E-state index in [0.717, 1.165) is 0 Å². The lowest BCUT2D eigenvalue weighted by atomic mass is 10.1. The maximum Gasteiger partial charge on any atom is 0.237 e. The molecule has 0 aliphatic carbocycles. The maximum absolute atomic E-state index is 10.9. The summed E-state index contributed by atoms with van der Waals surface area (Å²) < 4.78 is 4.62. The first kappa shape index (κ1) is 9.74. The molecule has 0 aromatic rings. The summed E-state index contributed by atoms with van der Waals surface area (Å²) in [6.45, 7) is 1.58. The molecule has 0 aliphatic rings. The van der Waals surface area contributed by atoms with Crippen LogP contribution in [0, 0.1) is 5.92 Å². The van der Waals surface area contributed by atoms with Gasteiger partial charge in [-0.3, -0.25) is 4.79 Å². The van der Waals surface area contributed by atoms with E-state index in [9.17, 15) is 4.79 Å². The van der Waals surface area contributed by atoms with Gasteiger partial charge in [-0.2, -0.15) is 0 Å². The van der Waals surface area contributed by atoms with Crippen molar-refractivity contribution in [2.24, 2.45) is 11.1 Å². The second-order valence-electron chi connectivity index (χ2n) is 1.98. The van der Waals surface area contributed by atoms with E-state index in [1.807, 2.05) is 0 Å². The average molecular weight is 160 g/mol. The molecule has 0 fully saturated rings. The normalized spacial score (nSPS) is 13.9. The number of nitrogens with zero attached hydrogens (tertiary/aromatic N) is 1. The van der Waals surface area contributed by atoms with E-state index in [1.165, 1.54) is 14.2 Å². The van der Waals surface area contributed by atoms with Crippen LogP contribution < -0.4 is 5.32 Å². The molecule has 0 aliphatic heterocycles. The van der Waals surface area contributed by atoms with Crippen LogP contribution in [0.15, 0.2) is 5.16 Å². The van der Waals surface area contributed by atoms with Crippen molar-refractivity contribution in [1.29, 1.82) is 0 Å². The predicted molar refractivity (Wildman–Crippen MR) is 39.5 cm³/mol. The van der Waals surface area contributed by atoms with Crippen molar-refractivity contribution in [2.75, 3.05) is 14.2 Å². The van der Waals surface area contributed by atoms with Gasteiger partial charge in [0.25, 0.3) is 0 Å². The third-order valence-corrected chi connectivity index (χ3v) is 1.32. The van der Waals surface area contributed by atoms with Gasteiger partial charge in [0.1, 0.15) is 5.92 Å². The van der Waals surface area contributed by atoms with Crippen molar-refractivity contribution in [1.82, 2.24) is 5.32 Å². The predicted octanol–water partition coefficient (Wildman–Crippen LogP) is -0.197. The Morgan fingerprint density at radius 3 is 2.55 bits per heavy atom. The molecule has 2 N–H and O–H groups in total. The number of methoxy groups -OCH3 is 1. The molecule has 5 nitrogen and oxygen atoms in total. The second kappa shape index (κ2) is 4.54. The summed E-state index contributed by atoms with van der Waals surface area (Å²) in [6, 6.07) is 0. The van der Waals surface area contributed by atoms with Crippen LogP contribution in [0.3, 0.4) is 0 Å². The van der Waals surface area contributed by atoms with Gasteiger partial charge in [-0.05, 0) is 6.92 Å². The number of oxime groups is 1. The fourth-order valence-electron chi connectivity index (χ4n) is 0.633. The number of nitrogens with one attached hydrogen (secondary N) is 1. The SMILES string of the molecule is CNC(=O)C(C)C(=NO)OC. The second-order valence-corrected chi connectivity index (χ2v) is 1.98. The van der Waals surface area contributed by atoms with Crippen LogP contribution in [-0.2, 0) is 9.53 Å². The molecule has 64 valence electrons. The fraction of sp³-hybridized carbons (Fsp3) is 0.667. The highest BCUT2D eigenvalue weighted by Gasteiger charge is 2.18. The first-order valence-corrected chi connectivity index (χ1v) is 3.14. The Morgan fingerprint density at radius 2 is 2.27 bits per heavy atom. The largest absolute Gasteiger partial charge is 0.481 e. The molecule has 1 atom stereocenters. The number of amides is 1. The van der Waals surface area contributed by atoms with E-state index in [1.54, 1.807) is 6.92 Å². The lowest BCUT2D eigenvalue weighted by Crippen LogP contribution is -2.31. The lowest BCUT2D eigenvalue weighted by molar-refractivity contribution is -0.122. The maximum atomic E-state index is 10.9. The molecule has 0 radical (unpaired) electrons. The van der Waals surface area contributed by atoms with Gasteiger partial charge in [-0.1, -0.05) is 5.16 Å². The minimum absolute atomic E-state index is 0.00403. The van der Waals surface area contributed by atoms with Gasteiger partial charge in [0.05, 0.1) is 7.11 Å². The number of ether oxygens (including phenoxy) is 1. The highest BCUT2D eigenvalue weighted by molar-refractivity contribution is 5.99. The third-order valence-electron chi connectivity index (χ3n) is 1.32. The van der Waals surface area contributed by atoms with E-state index in [4.69, 9.17) is 5.21 Å². The molecule has 1 unspecified atom stereocenters.